The first-order valence-electron chi connectivity index (χ1n) is 6.68. The maximum atomic E-state index is 10.7. The summed E-state index contributed by atoms with van der Waals surface area (Å²) in [7, 11) is 1.67. The second kappa shape index (κ2) is 6.85. The fourth-order valence-corrected chi connectivity index (χ4v) is 3.92. The zero-order chi connectivity index (χ0) is 13.7. The Hall–Kier alpha value is -1.16. The van der Waals surface area contributed by atoms with Crippen LogP contribution in [0.2, 0.25) is 0 Å². The molecule has 1 aromatic rings. The molecule has 1 aliphatic rings. The van der Waals surface area contributed by atoms with Crippen molar-refractivity contribution in [3.63, 3.8) is 0 Å². The molecule has 0 aromatic heterocycles. The Labute approximate surface area is 118 Å². The Morgan fingerprint density at radius 1 is 1.32 bits per heavy atom. The van der Waals surface area contributed by atoms with Crippen LogP contribution >= 0.6 is 11.8 Å². The van der Waals surface area contributed by atoms with Crippen molar-refractivity contribution in [3.8, 4) is 5.75 Å². The molecule has 0 aliphatic heterocycles. The lowest BCUT2D eigenvalue weighted by Gasteiger charge is -2.31. The number of carboxylic acids is 1. The van der Waals surface area contributed by atoms with Crippen molar-refractivity contribution in [1.29, 1.82) is 0 Å². The maximum Gasteiger partial charge on any atom is 0.313 e. The molecular weight excluding hydrogens is 260 g/mol. The zero-order valence-corrected chi connectivity index (χ0v) is 12.0. The molecule has 2 atom stereocenters. The van der Waals surface area contributed by atoms with Crippen LogP contribution in [-0.2, 0) is 4.79 Å². The fraction of sp³-hybridized carbons (Fsp3) is 0.533. The molecule has 2 rings (SSSR count). The predicted molar refractivity (Wildman–Crippen MR) is 78.1 cm³/mol. The van der Waals surface area contributed by atoms with Gasteiger partial charge in [-0.15, -0.1) is 11.8 Å². The van der Waals surface area contributed by atoms with Gasteiger partial charge in [0.05, 0.1) is 12.9 Å². The van der Waals surface area contributed by atoms with Crippen LogP contribution < -0.4 is 4.74 Å². The Morgan fingerprint density at radius 2 is 2.00 bits per heavy atom. The molecule has 1 fully saturated rings. The summed E-state index contributed by atoms with van der Waals surface area (Å²) in [6, 6.07) is 8.21. The van der Waals surface area contributed by atoms with Crippen molar-refractivity contribution in [2.45, 2.75) is 36.9 Å². The van der Waals surface area contributed by atoms with Crippen molar-refractivity contribution >= 4 is 17.7 Å². The molecule has 19 heavy (non-hydrogen) atoms. The molecular formula is C15H20O3S. The van der Waals surface area contributed by atoms with Gasteiger partial charge >= 0.3 is 5.97 Å². The average Bonchev–Trinajstić information content (AvgIpc) is 2.45. The first kappa shape index (κ1) is 14.3. The van der Waals surface area contributed by atoms with Gasteiger partial charge in [0.25, 0.3) is 0 Å². The Balaban J connectivity index is 2.06. The lowest BCUT2D eigenvalue weighted by atomic mass is 9.83. The largest absolute Gasteiger partial charge is 0.497 e. The highest BCUT2D eigenvalue weighted by molar-refractivity contribution is 8.00. The van der Waals surface area contributed by atoms with E-state index in [9.17, 15) is 4.79 Å². The normalized spacial score (nSPS) is 23.0. The third-order valence-electron chi connectivity index (χ3n) is 3.67. The van der Waals surface area contributed by atoms with Gasteiger partial charge in [0, 0.05) is 5.25 Å². The second-order valence-electron chi connectivity index (χ2n) is 4.91. The first-order valence-corrected chi connectivity index (χ1v) is 7.73. The van der Waals surface area contributed by atoms with Gasteiger partial charge in [0.15, 0.2) is 0 Å². The molecule has 1 saturated carbocycles. The highest BCUT2D eigenvalue weighted by atomic mass is 32.2. The molecule has 0 heterocycles. The number of rotatable bonds is 5. The van der Waals surface area contributed by atoms with Crippen molar-refractivity contribution in [1.82, 2.24) is 0 Å². The van der Waals surface area contributed by atoms with E-state index in [-0.39, 0.29) is 5.75 Å². The number of aliphatic carboxylic acids is 1. The van der Waals surface area contributed by atoms with Crippen LogP contribution in [0.15, 0.2) is 24.3 Å². The monoisotopic (exact) mass is 280 g/mol. The minimum atomic E-state index is -0.718. The van der Waals surface area contributed by atoms with Crippen molar-refractivity contribution in [2.75, 3.05) is 12.9 Å². The van der Waals surface area contributed by atoms with Gasteiger partial charge in [0.1, 0.15) is 5.75 Å². The number of carboxylic acid groups (broad SMARTS) is 1. The SMILES string of the molecule is COc1ccc([C@@H]2CCCC[C@H]2SCC(=O)O)cc1. The van der Waals surface area contributed by atoms with E-state index in [2.05, 4.69) is 12.1 Å². The molecule has 4 heteroatoms. The van der Waals surface area contributed by atoms with Crippen LogP contribution in [0.5, 0.6) is 5.75 Å². The van der Waals surface area contributed by atoms with Gasteiger partial charge in [-0.1, -0.05) is 25.0 Å². The van der Waals surface area contributed by atoms with E-state index < -0.39 is 5.97 Å². The van der Waals surface area contributed by atoms with E-state index in [1.165, 1.54) is 18.4 Å². The molecule has 0 unspecified atom stereocenters. The number of benzene rings is 1. The molecule has 1 N–H and O–H groups in total. The average molecular weight is 280 g/mol. The van der Waals surface area contributed by atoms with E-state index in [0.29, 0.717) is 11.2 Å². The number of hydrogen-bond donors (Lipinski definition) is 1. The highest BCUT2D eigenvalue weighted by Gasteiger charge is 2.27. The van der Waals surface area contributed by atoms with Crippen LogP contribution in [0.3, 0.4) is 0 Å². The van der Waals surface area contributed by atoms with Crippen LogP contribution in [0.1, 0.15) is 37.2 Å². The van der Waals surface area contributed by atoms with Gasteiger partial charge in [0.2, 0.25) is 0 Å². The van der Waals surface area contributed by atoms with E-state index >= 15 is 0 Å². The minimum absolute atomic E-state index is 0.206. The summed E-state index contributed by atoms with van der Waals surface area (Å²) in [5.74, 6) is 0.833. The van der Waals surface area contributed by atoms with Gasteiger partial charge in [-0.3, -0.25) is 4.79 Å². The molecule has 1 aromatic carbocycles. The Bertz CT molecular complexity index is 416. The van der Waals surface area contributed by atoms with Crippen molar-refractivity contribution in [2.24, 2.45) is 0 Å². The lowest BCUT2D eigenvalue weighted by Crippen LogP contribution is -2.21. The van der Waals surface area contributed by atoms with E-state index in [4.69, 9.17) is 9.84 Å². The number of methoxy groups -OCH3 is 1. The van der Waals surface area contributed by atoms with E-state index in [1.807, 2.05) is 12.1 Å². The highest BCUT2D eigenvalue weighted by Crippen LogP contribution is 2.40. The predicted octanol–water partition coefficient (Wildman–Crippen LogP) is 3.54. The molecule has 104 valence electrons. The molecule has 1 aliphatic carbocycles. The van der Waals surface area contributed by atoms with Crippen LogP contribution in [0, 0.1) is 0 Å². The third kappa shape index (κ3) is 3.90. The Morgan fingerprint density at radius 3 is 2.63 bits per heavy atom. The second-order valence-corrected chi connectivity index (χ2v) is 6.13. The van der Waals surface area contributed by atoms with E-state index in [1.54, 1.807) is 18.9 Å². The Kier molecular flexibility index (Phi) is 5.14. The summed E-state index contributed by atoms with van der Waals surface area (Å²) >= 11 is 1.59. The summed E-state index contributed by atoms with van der Waals surface area (Å²) in [4.78, 5) is 10.7. The minimum Gasteiger partial charge on any atom is -0.497 e. The van der Waals surface area contributed by atoms with Gasteiger partial charge < -0.3 is 9.84 Å². The summed E-state index contributed by atoms with van der Waals surface area (Å²) in [6.07, 6.45) is 4.73. The van der Waals surface area contributed by atoms with Gasteiger partial charge in [-0.2, -0.15) is 0 Å². The summed E-state index contributed by atoms with van der Waals surface area (Å²) < 4.78 is 5.18. The molecule has 0 amide bonds. The maximum absolute atomic E-state index is 10.7. The van der Waals surface area contributed by atoms with Crippen LogP contribution in [0.4, 0.5) is 0 Å². The zero-order valence-electron chi connectivity index (χ0n) is 11.2. The third-order valence-corrected chi connectivity index (χ3v) is 5.07. The van der Waals surface area contributed by atoms with E-state index in [0.717, 1.165) is 18.6 Å². The molecule has 3 nitrogen and oxygen atoms in total. The first-order chi connectivity index (χ1) is 9.20. The summed E-state index contributed by atoms with van der Waals surface area (Å²) in [5.41, 5.74) is 1.31. The molecule has 0 saturated heterocycles. The van der Waals surface area contributed by atoms with Crippen LogP contribution in [0.25, 0.3) is 0 Å². The van der Waals surface area contributed by atoms with Crippen LogP contribution in [-0.4, -0.2) is 29.2 Å². The quantitative estimate of drug-likeness (QED) is 0.896. The standard InChI is InChI=1S/C15H20O3S/c1-18-12-8-6-11(7-9-12)13-4-2-3-5-14(13)19-10-15(16)17/h6-9,13-14H,2-5,10H2,1H3,(H,16,17)/t13-,14+/m0/s1. The number of ether oxygens (including phenoxy) is 1. The van der Waals surface area contributed by atoms with Gasteiger partial charge in [-0.05, 0) is 36.5 Å². The molecule has 0 bridgehead atoms. The molecule has 0 radical (unpaired) electrons. The summed E-state index contributed by atoms with van der Waals surface area (Å²) in [5, 5.41) is 9.26. The lowest BCUT2D eigenvalue weighted by molar-refractivity contribution is -0.133. The molecule has 0 spiro atoms. The smallest absolute Gasteiger partial charge is 0.313 e. The number of hydrogen-bond acceptors (Lipinski definition) is 3. The topological polar surface area (TPSA) is 46.5 Å². The number of carbonyl (C=O) groups is 1. The summed E-state index contributed by atoms with van der Waals surface area (Å²) in [6.45, 7) is 0. The number of thioether (sulfide) groups is 1. The van der Waals surface area contributed by atoms with Crippen molar-refractivity contribution in [3.05, 3.63) is 29.8 Å². The van der Waals surface area contributed by atoms with Crippen molar-refractivity contribution < 1.29 is 14.6 Å². The fourth-order valence-electron chi connectivity index (χ4n) is 2.71. The van der Waals surface area contributed by atoms with Gasteiger partial charge in [-0.25, -0.2) is 0 Å².